The fourth-order valence-corrected chi connectivity index (χ4v) is 3.33. The molecule has 0 aromatic carbocycles. The third-order valence-electron chi connectivity index (χ3n) is 4.83. The molecule has 0 aliphatic heterocycles. The number of aromatic amines is 1. The predicted octanol–water partition coefficient (Wildman–Crippen LogP) is 4.57. The molecular formula is C22H17F2N5O. The smallest absolute Gasteiger partial charge is 0.216 e. The van der Waals surface area contributed by atoms with Crippen LogP contribution in [-0.4, -0.2) is 27.0 Å². The first-order valence-electron chi connectivity index (χ1n) is 9.23. The highest BCUT2D eigenvalue weighted by molar-refractivity contribution is 5.83. The summed E-state index contributed by atoms with van der Waals surface area (Å²) in [6, 6.07) is 6.55. The number of fused-ring (bicyclic) bond motifs is 1. The number of nitrogens with zero attached hydrogens (tertiary/aromatic N) is 4. The Bertz CT molecular complexity index is 1260. The van der Waals surface area contributed by atoms with Crippen LogP contribution < -0.4 is 4.74 Å². The average Bonchev–Trinajstić information content (AvgIpc) is 3.16. The SMILES string of the molecule is [C-]#[N+]c1cnc2[nH]cc(Cc3ccc(CCc4cc(F)cnc4OC)nc3F)c2c1. The summed E-state index contributed by atoms with van der Waals surface area (Å²) in [5.74, 6) is -0.657. The molecule has 0 atom stereocenters. The maximum absolute atomic E-state index is 14.6. The number of aryl methyl sites for hydroxylation is 2. The van der Waals surface area contributed by atoms with E-state index in [1.165, 1.54) is 19.4 Å². The largest absolute Gasteiger partial charge is 0.481 e. The van der Waals surface area contributed by atoms with E-state index in [0.717, 1.165) is 17.1 Å². The Morgan fingerprint density at radius 1 is 1.07 bits per heavy atom. The Morgan fingerprint density at radius 2 is 1.93 bits per heavy atom. The summed E-state index contributed by atoms with van der Waals surface area (Å²) in [4.78, 5) is 18.6. The summed E-state index contributed by atoms with van der Waals surface area (Å²) in [6.45, 7) is 7.13. The number of hydrogen-bond acceptors (Lipinski definition) is 4. The average molecular weight is 405 g/mol. The van der Waals surface area contributed by atoms with Crippen molar-refractivity contribution in [2.45, 2.75) is 19.3 Å². The molecule has 0 aliphatic rings. The summed E-state index contributed by atoms with van der Waals surface area (Å²) in [6.07, 6.45) is 5.52. The van der Waals surface area contributed by atoms with Crippen molar-refractivity contribution < 1.29 is 13.5 Å². The number of nitrogens with one attached hydrogen (secondary N) is 1. The molecule has 4 aromatic heterocycles. The zero-order valence-electron chi connectivity index (χ0n) is 16.1. The van der Waals surface area contributed by atoms with Crippen LogP contribution in [0.5, 0.6) is 5.88 Å². The first-order chi connectivity index (χ1) is 14.6. The lowest BCUT2D eigenvalue weighted by Gasteiger charge is -2.08. The van der Waals surface area contributed by atoms with Crippen LogP contribution in [0.25, 0.3) is 15.9 Å². The van der Waals surface area contributed by atoms with Gasteiger partial charge in [0.2, 0.25) is 17.5 Å². The van der Waals surface area contributed by atoms with Crippen molar-refractivity contribution in [1.29, 1.82) is 0 Å². The van der Waals surface area contributed by atoms with Gasteiger partial charge in [0, 0.05) is 41.0 Å². The van der Waals surface area contributed by atoms with E-state index >= 15 is 0 Å². The molecule has 6 nitrogen and oxygen atoms in total. The molecule has 0 saturated carbocycles. The normalized spacial score (nSPS) is 10.9. The summed E-state index contributed by atoms with van der Waals surface area (Å²) in [5, 5.41) is 0.790. The van der Waals surface area contributed by atoms with E-state index in [4.69, 9.17) is 11.3 Å². The fraction of sp³-hybridized carbons (Fsp3) is 0.182. The van der Waals surface area contributed by atoms with Gasteiger partial charge >= 0.3 is 0 Å². The molecule has 4 heterocycles. The van der Waals surface area contributed by atoms with Crippen LogP contribution in [0.4, 0.5) is 14.5 Å². The van der Waals surface area contributed by atoms with Crippen molar-refractivity contribution in [3.05, 3.63) is 88.4 Å². The number of rotatable bonds is 6. The number of pyridine rings is 3. The van der Waals surface area contributed by atoms with Crippen molar-refractivity contribution in [2.24, 2.45) is 0 Å². The molecule has 0 bridgehead atoms. The molecule has 0 spiro atoms. The second-order valence-corrected chi connectivity index (χ2v) is 6.77. The van der Waals surface area contributed by atoms with Crippen molar-refractivity contribution >= 4 is 16.7 Å². The Labute approximate surface area is 171 Å². The molecule has 0 radical (unpaired) electrons. The lowest BCUT2D eigenvalue weighted by Crippen LogP contribution is -2.03. The topological polar surface area (TPSA) is 68.0 Å². The maximum Gasteiger partial charge on any atom is 0.216 e. The van der Waals surface area contributed by atoms with Gasteiger partial charge in [-0.25, -0.2) is 19.2 Å². The van der Waals surface area contributed by atoms with Gasteiger partial charge in [0.1, 0.15) is 11.5 Å². The van der Waals surface area contributed by atoms with E-state index in [1.54, 1.807) is 24.4 Å². The summed E-state index contributed by atoms with van der Waals surface area (Å²) in [7, 11) is 1.47. The van der Waals surface area contributed by atoms with Crippen LogP contribution in [0, 0.1) is 18.3 Å². The van der Waals surface area contributed by atoms with E-state index in [9.17, 15) is 8.78 Å². The maximum atomic E-state index is 14.6. The number of aromatic nitrogens is 4. The molecule has 0 saturated heterocycles. The standard InChI is InChI=1S/C22H17F2N5O/c1-25-18-9-19-15(10-26-21(19)27-12-18)7-13-3-5-17(29-20(13)24)6-4-14-8-16(23)11-28-22(14)30-2/h3,5,8-12H,4,6-7H2,2H3,(H,26,27). The van der Waals surface area contributed by atoms with Crippen molar-refractivity contribution in [3.8, 4) is 5.88 Å². The van der Waals surface area contributed by atoms with Crippen LogP contribution in [0.1, 0.15) is 22.4 Å². The van der Waals surface area contributed by atoms with E-state index in [0.29, 0.717) is 53.3 Å². The van der Waals surface area contributed by atoms with E-state index in [-0.39, 0.29) is 0 Å². The highest BCUT2D eigenvalue weighted by atomic mass is 19.1. The van der Waals surface area contributed by atoms with Crippen molar-refractivity contribution in [3.63, 3.8) is 0 Å². The van der Waals surface area contributed by atoms with Crippen LogP contribution >= 0.6 is 0 Å². The first-order valence-corrected chi connectivity index (χ1v) is 9.23. The third kappa shape index (κ3) is 3.96. The van der Waals surface area contributed by atoms with Crippen molar-refractivity contribution in [2.75, 3.05) is 7.11 Å². The monoisotopic (exact) mass is 405 g/mol. The Kier molecular flexibility index (Phi) is 5.35. The molecular weight excluding hydrogens is 388 g/mol. The van der Waals surface area contributed by atoms with Gasteiger partial charge < -0.3 is 9.72 Å². The van der Waals surface area contributed by atoms with Crippen LogP contribution in [0.15, 0.2) is 42.9 Å². The second-order valence-electron chi connectivity index (χ2n) is 6.77. The highest BCUT2D eigenvalue weighted by Gasteiger charge is 2.12. The molecule has 0 unspecified atom stereocenters. The number of hydrogen-bond donors (Lipinski definition) is 1. The summed E-state index contributed by atoms with van der Waals surface area (Å²) >= 11 is 0. The number of methoxy groups -OCH3 is 1. The zero-order valence-corrected chi connectivity index (χ0v) is 16.1. The van der Waals surface area contributed by atoms with Gasteiger partial charge in [-0.3, -0.25) is 4.98 Å². The van der Waals surface area contributed by atoms with Gasteiger partial charge in [-0.2, -0.15) is 4.39 Å². The highest BCUT2D eigenvalue weighted by Crippen LogP contribution is 2.25. The molecule has 0 fully saturated rings. The molecule has 1 N–H and O–H groups in total. The van der Waals surface area contributed by atoms with Crippen molar-refractivity contribution in [1.82, 2.24) is 19.9 Å². The van der Waals surface area contributed by atoms with Gasteiger partial charge in [0.05, 0.1) is 19.9 Å². The molecule has 4 aromatic rings. The fourth-order valence-electron chi connectivity index (χ4n) is 3.33. The molecule has 30 heavy (non-hydrogen) atoms. The molecule has 150 valence electrons. The Morgan fingerprint density at radius 3 is 2.70 bits per heavy atom. The van der Waals surface area contributed by atoms with Crippen LogP contribution in [0.3, 0.4) is 0 Å². The van der Waals surface area contributed by atoms with Gasteiger partial charge in [0.25, 0.3) is 0 Å². The molecule has 8 heteroatoms. The minimum Gasteiger partial charge on any atom is -0.481 e. The first kappa shape index (κ1) is 19.5. The minimum atomic E-state index is -0.555. The predicted molar refractivity (Wildman–Crippen MR) is 108 cm³/mol. The number of H-pyrrole nitrogens is 1. The minimum absolute atomic E-state index is 0.323. The zero-order chi connectivity index (χ0) is 21.1. The Hall–Kier alpha value is -3.86. The van der Waals surface area contributed by atoms with Gasteiger partial charge in [0.15, 0.2) is 0 Å². The third-order valence-corrected chi connectivity index (χ3v) is 4.83. The summed E-state index contributed by atoms with van der Waals surface area (Å²) < 4.78 is 33.2. The van der Waals surface area contributed by atoms with Gasteiger partial charge in [-0.05, 0) is 36.6 Å². The number of ether oxygens (including phenoxy) is 1. The van der Waals surface area contributed by atoms with Gasteiger partial charge in [-0.1, -0.05) is 6.07 Å². The van der Waals surface area contributed by atoms with Crippen LogP contribution in [0.2, 0.25) is 0 Å². The van der Waals surface area contributed by atoms with E-state index in [2.05, 4.69) is 24.8 Å². The van der Waals surface area contributed by atoms with E-state index in [1.807, 2.05) is 0 Å². The lowest BCUT2D eigenvalue weighted by atomic mass is 10.0. The Balaban J connectivity index is 1.52. The molecule has 0 aliphatic carbocycles. The second kappa shape index (κ2) is 8.25. The number of halogens is 2. The van der Waals surface area contributed by atoms with Gasteiger partial charge in [-0.15, -0.1) is 0 Å². The quantitative estimate of drug-likeness (QED) is 0.377. The molecule has 0 amide bonds. The van der Waals surface area contributed by atoms with Crippen LogP contribution in [-0.2, 0) is 19.3 Å². The summed E-state index contributed by atoms with van der Waals surface area (Å²) in [5.41, 5.74) is 3.52. The van der Waals surface area contributed by atoms with E-state index < -0.39 is 11.8 Å². The lowest BCUT2D eigenvalue weighted by molar-refractivity contribution is 0.390. The molecule has 4 rings (SSSR count).